The first-order chi connectivity index (χ1) is 16.2. The Balaban J connectivity index is 0.000000193. The van der Waals surface area contributed by atoms with Crippen LogP contribution in [0.25, 0.3) is 12.2 Å². The summed E-state index contributed by atoms with van der Waals surface area (Å²) in [5.41, 5.74) is 2.55. The maximum absolute atomic E-state index is 3.33. The van der Waals surface area contributed by atoms with Gasteiger partial charge in [-0.05, 0) is 68.3 Å². The van der Waals surface area contributed by atoms with Crippen molar-refractivity contribution in [3.8, 4) is 0 Å². The Bertz CT molecular complexity index is 766. The second-order valence-electron chi connectivity index (χ2n) is 9.24. The summed E-state index contributed by atoms with van der Waals surface area (Å²) >= 11 is 3.32. The Morgan fingerprint density at radius 2 is 1.45 bits per heavy atom. The van der Waals surface area contributed by atoms with Crippen LogP contribution in [-0.2, 0) is 0 Å². The molecule has 0 saturated carbocycles. The first-order valence-corrected chi connectivity index (χ1v) is 13.7. The van der Waals surface area contributed by atoms with E-state index in [2.05, 4.69) is 107 Å². The molecule has 2 unspecified atom stereocenters. The van der Waals surface area contributed by atoms with E-state index in [0.29, 0.717) is 0 Å². The maximum Gasteiger partial charge on any atom is 0.0215 e. The summed E-state index contributed by atoms with van der Waals surface area (Å²) in [6.07, 6.45) is 14.2. The Morgan fingerprint density at radius 3 is 1.94 bits per heavy atom. The molecule has 1 N–H and O–H groups in total. The molecule has 4 rings (SSSR count). The third kappa shape index (κ3) is 13.6. The van der Waals surface area contributed by atoms with Gasteiger partial charge in [-0.25, -0.2) is 0 Å². The first-order valence-electron chi connectivity index (χ1n) is 12.6. The monoisotopic (exact) mass is 510 g/mol. The van der Waals surface area contributed by atoms with Crippen molar-refractivity contribution in [3.05, 3.63) is 83.9 Å². The van der Waals surface area contributed by atoms with Gasteiger partial charge in [0.15, 0.2) is 0 Å². The molecule has 2 saturated heterocycles. The fourth-order valence-electron chi connectivity index (χ4n) is 4.13. The van der Waals surface area contributed by atoms with Gasteiger partial charge >= 0.3 is 0 Å². The molecule has 0 aromatic heterocycles. The smallest absolute Gasteiger partial charge is 0.0215 e. The van der Waals surface area contributed by atoms with E-state index >= 15 is 0 Å². The molecule has 0 aliphatic carbocycles. The van der Waals surface area contributed by atoms with E-state index in [1.165, 1.54) is 63.0 Å². The predicted molar refractivity (Wildman–Crippen MR) is 151 cm³/mol. The van der Waals surface area contributed by atoms with Crippen molar-refractivity contribution in [2.45, 2.75) is 39.5 Å². The van der Waals surface area contributed by atoms with Crippen LogP contribution in [0, 0.1) is 11.8 Å². The number of benzene rings is 2. The Hall–Kier alpha value is -1.68. The summed E-state index contributed by atoms with van der Waals surface area (Å²) in [5.74, 6) is 1.80. The Labute approximate surface area is 211 Å². The minimum absolute atomic E-state index is 0.874. The third-order valence-electron chi connectivity index (χ3n) is 5.96. The molecule has 2 aliphatic heterocycles. The van der Waals surface area contributed by atoms with Gasteiger partial charge in [0, 0.05) is 18.4 Å². The number of likely N-dealkylation sites (tertiary alicyclic amines) is 1. The average molecular weight is 512 g/mol. The largest absolute Gasteiger partial charge is 0.316 e. The average Bonchev–Trinajstić information content (AvgIpc) is 2.85. The predicted octanol–water partition coefficient (Wildman–Crippen LogP) is 7.53. The number of nitrogens with one attached hydrogen (secondary N) is 1. The van der Waals surface area contributed by atoms with Crippen molar-refractivity contribution >= 4 is 28.1 Å². The summed E-state index contributed by atoms with van der Waals surface area (Å²) in [7, 11) is 0. The number of piperidine rings is 2. The quantitative estimate of drug-likeness (QED) is 0.418. The lowest BCUT2D eigenvalue weighted by atomic mass is 10.0. The van der Waals surface area contributed by atoms with Crippen LogP contribution >= 0.6 is 15.9 Å². The molecule has 2 fully saturated rings. The fraction of sp³-hybridized carbons (Fsp3) is 0.467. The van der Waals surface area contributed by atoms with Crippen LogP contribution in [0.3, 0.4) is 0 Å². The van der Waals surface area contributed by atoms with Gasteiger partial charge in [0.25, 0.3) is 0 Å². The van der Waals surface area contributed by atoms with Crippen LogP contribution < -0.4 is 5.32 Å². The molecule has 2 aliphatic rings. The highest BCUT2D eigenvalue weighted by atomic mass is 79.9. The minimum atomic E-state index is 0.874. The fourth-order valence-corrected chi connectivity index (χ4v) is 4.31. The molecule has 2 aromatic rings. The second-order valence-corrected chi connectivity index (χ2v) is 9.89. The molecule has 0 bridgehead atoms. The van der Waals surface area contributed by atoms with Gasteiger partial charge in [0.1, 0.15) is 0 Å². The van der Waals surface area contributed by atoms with Crippen molar-refractivity contribution in [3.63, 3.8) is 0 Å². The molecule has 2 atom stereocenters. The molecular formula is C30H43BrN2. The Kier molecular flexibility index (Phi) is 14.8. The molecular weight excluding hydrogens is 468 g/mol. The van der Waals surface area contributed by atoms with Crippen LogP contribution in [0.5, 0.6) is 0 Å². The number of halogens is 1. The Morgan fingerprint density at radius 1 is 0.848 bits per heavy atom. The first kappa shape index (κ1) is 27.6. The number of alkyl halides is 1. The number of hydrogen-bond acceptors (Lipinski definition) is 2. The van der Waals surface area contributed by atoms with E-state index in [4.69, 9.17) is 0 Å². The van der Waals surface area contributed by atoms with Gasteiger partial charge < -0.3 is 5.32 Å². The highest BCUT2D eigenvalue weighted by Crippen LogP contribution is 2.15. The van der Waals surface area contributed by atoms with Crippen molar-refractivity contribution < 1.29 is 0 Å². The van der Waals surface area contributed by atoms with E-state index in [1.807, 2.05) is 18.2 Å². The summed E-state index contributed by atoms with van der Waals surface area (Å²) in [5, 5.41) is 4.25. The lowest BCUT2D eigenvalue weighted by molar-refractivity contribution is 0.202. The summed E-state index contributed by atoms with van der Waals surface area (Å²) in [4.78, 5) is 2.55. The van der Waals surface area contributed by atoms with Gasteiger partial charge in [0.2, 0.25) is 0 Å². The van der Waals surface area contributed by atoms with Crippen LogP contribution in [0.15, 0.2) is 72.8 Å². The number of allylic oxidation sites excluding steroid dienone is 1. The van der Waals surface area contributed by atoms with Gasteiger partial charge in [-0.3, -0.25) is 4.90 Å². The zero-order valence-corrected chi connectivity index (χ0v) is 22.2. The second kappa shape index (κ2) is 17.8. The summed E-state index contributed by atoms with van der Waals surface area (Å²) in [6.45, 7) is 10.8. The van der Waals surface area contributed by atoms with Crippen molar-refractivity contribution in [1.29, 1.82) is 0 Å². The van der Waals surface area contributed by atoms with E-state index in [1.54, 1.807) is 0 Å². The third-order valence-corrected chi connectivity index (χ3v) is 6.33. The minimum Gasteiger partial charge on any atom is -0.316 e. The van der Waals surface area contributed by atoms with E-state index in [9.17, 15) is 0 Å². The highest BCUT2D eigenvalue weighted by Gasteiger charge is 2.14. The normalized spacial score (nSPS) is 21.2. The molecule has 180 valence electrons. The van der Waals surface area contributed by atoms with Gasteiger partial charge in [-0.2, -0.15) is 0 Å². The molecule has 0 amide bonds. The summed E-state index contributed by atoms with van der Waals surface area (Å²) < 4.78 is 0. The lowest BCUT2D eigenvalue weighted by Crippen LogP contribution is -2.34. The van der Waals surface area contributed by atoms with Crippen molar-refractivity contribution in [1.82, 2.24) is 10.2 Å². The number of hydrogen-bond donors (Lipinski definition) is 1. The van der Waals surface area contributed by atoms with Crippen molar-refractivity contribution in [2.75, 3.05) is 38.1 Å². The molecule has 3 heteroatoms. The van der Waals surface area contributed by atoms with Crippen LogP contribution in [0.1, 0.15) is 50.7 Å². The molecule has 2 nitrogen and oxygen atoms in total. The summed E-state index contributed by atoms with van der Waals surface area (Å²) in [6, 6.07) is 20.8. The standard InChI is InChI=1S/C15H21N.C9H9Br.C6H13N/c1-14-7-5-11-16(13-14)12-6-10-15-8-3-2-4-9-15;10-8-4-7-9-5-2-1-3-6-9;1-6-3-2-4-7-5-6/h2-4,6,8-10,14H,5,7,11-13H2,1H3;1-7H,8H2;6-7H,2-5H2,1H3/b10-6+;7-4+;. The van der Waals surface area contributed by atoms with Crippen LogP contribution in [-0.4, -0.2) is 43.0 Å². The molecule has 0 radical (unpaired) electrons. The van der Waals surface area contributed by atoms with Gasteiger partial charge in [-0.15, -0.1) is 0 Å². The van der Waals surface area contributed by atoms with Gasteiger partial charge in [-0.1, -0.05) is 115 Å². The van der Waals surface area contributed by atoms with Crippen LogP contribution in [0.4, 0.5) is 0 Å². The topological polar surface area (TPSA) is 15.3 Å². The van der Waals surface area contributed by atoms with E-state index in [-0.39, 0.29) is 0 Å². The van der Waals surface area contributed by atoms with Crippen molar-refractivity contribution in [2.24, 2.45) is 11.8 Å². The van der Waals surface area contributed by atoms with E-state index in [0.717, 1.165) is 23.7 Å². The SMILES string of the molecule is BrC/C=C/c1ccccc1.CC1CCCN(C/C=C/c2ccccc2)C1.CC1CCCNC1. The lowest BCUT2D eigenvalue weighted by Gasteiger charge is -2.29. The molecule has 33 heavy (non-hydrogen) atoms. The maximum atomic E-state index is 3.33. The highest BCUT2D eigenvalue weighted by molar-refractivity contribution is 9.09. The van der Waals surface area contributed by atoms with Crippen LogP contribution in [0.2, 0.25) is 0 Å². The zero-order chi connectivity index (χ0) is 23.6. The zero-order valence-electron chi connectivity index (χ0n) is 20.6. The number of rotatable bonds is 5. The molecule has 2 heterocycles. The van der Waals surface area contributed by atoms with Gasteiger partial charge in [0.05, 0.1) is 0 Å². The molecule has 2 aromatic carbocycles. The number of nitrogens with zero attached hydrogens (tertiary/aromatic N) is 1. The molecule has 0 spiro atoms. The van der Waals surface area contributed by atoms with E-state index < -0.39 is 0 Å².